The summed E-state index contributed by atoms with van der Waals surface area (Å²) in [6, 6.07) is 24.6. The van der Waals surface area contributed by atoms with Crippen LogP contribution < -0.4 is 14.5 Å². The molecule has 0 atom stereocenters. The maximum absolute atomic E-state index is 13.7. The van der Waals surface area contributed by atoms with Crippen molar-refractivity contribution in [2.24, 2.45) is 0 Å². The van der Waals surface area contributed by atoms with E-state index < -0.39 is 0 Å². The lowest BCUT2D eigenvalue weighted by molar-refractivity contribution is -0.120. The number of benzene rings is 3. The van der Waals surface area contributed by atoms with Crippen molar-refractivity contribution in [1.82, 2.24) is 0 Å². The lowest BCUT2D eigenvalue weighted by Gasteiger charge is -2.22. The molecule has 0 radical (unpaired) electrons. The predicted molar refractivity (Wildman–Crippen MR) is 126 cm³/mol. The monoisotopic (exact) mass is 424 g/mol. The molecule has 0 aliphatic carbocycles. The van der Waals surface area contributed by atoms with E-state index >= 15 is 0 Å². The molecule has 160 valence electrons. The number of para-hydroxylation sites is 1. The summed E-state index contributed by atoms with van der Waals surface area (Å²) in [5.41, 5.74) is 4.32. The Balaban J connectivity index is 1.59. The molecule has 0 saturated heterocycles. The third-order valence-corrected chi connectivity index (χ3v) is 5.75. The summed E-state index contributed by atoms with van der Waals surface area (Å²) in [6.07, 6.45) is 0.883. The van der Waals surface area contributed by atoms with E-state index in [1.807, 2.05) is 67.3 Å². The van der Waals surface area contributed by atoms with Crippen LogP contribution >= 0.6 is 0 Å². The molecule has 32 heavy (non-hydrogen) atoms. The third kappa shape index (κ3) is 3.36. The average Bonchev–Trinajstić information content (AvgIpc) is 3.32. The van der Waals surface area contributed by atoms with Gasteiger partial charge in [-0.05, 0) is 61.7 Å². The highest BCUT2D eigenvalue weighted by molar-refractivity contribution is 6.46. The zero-order valence-electron chi connectivity index (χ0n) is 18.1. The van der Waals surface area contributed by atoms with E-state index in [0.717, 1.165) is 17.7 Å². The zero-order valence-corrected chi connectivity index (χ0v) is 18.1. The molecule has 0 saturated carbocycles. The number of fused-ring (bicyclic) bond motifs is 1. The van der Waals surface area contributed by atoms with Crippen LogP contribution in [0.1, 0.15) is 25.0 Å². The van der Waals surface area contributed by atoms with Crippen LogP contribution in [0.15, 0.2) is 84.6 Å². The summed E-state index contributed by atoms with van der Waals surface area (Å²) in [7, 11) is 0. The predicted octanol–water partition coefficient (Wildman–Crippen LogP) is 4.82. The van der Waals surface area contributed by atoms with Crippen LogP contribution in [0, 0.1) is 0 Å². The van der Waals surface area contributed by atoms with Gasteiger partial charge >= 0.3 is 0 Å². The highest BCUT2D eigenvalue weighted by Crippen LogP contribution is 2.40. The van der Waals surface area contributed by atoms with Crippen LogP contribution in [0.4, 0.5) is 11.4 Å². The Kier molecular flexibility index (Phi) is 5.02. The molecule has 5 rings (SSSR count). The zero-order chi connectivity index (χ0) is 22.2. The van der Waals surface area contributed by atoms with Gasteiger partial charge in [0.25, 0.3) is 11.8 Å². The minimum atomic E-state index is -0.307. The second-order valence-corrected chi connectivity index (χ2v) is 8.23. The average molecular weight is 425 g/mol. The molecule has 5 nitrogen and oxygen atoms in total. The van der Waals surface area contributed by atoms with Crippen molar-refractivity contribution in [2.75, 3.05) is 16.3 Å². The van der Waals surface area contributed by atoms with Crippen LogP contribution in [-0.4, -0.2) is 24.5 Å². The first-order valence-corrected chi connectivity index (χ1v) is 10.8. The van der Waals surface area contributed by atoms with Gasteiger partial charge < -0.3 is 9.64 Å². The third-order valence-electron chi connectivity index (χ3n) is 5.75. The van der Waals surface area contributed by atoms with Gasteiger partial charge in [-0.3, -0.25) is 9.59 Å². The Morgan fingerprint density at radius 2 is 1.50 bits per heavy atom. The van der Waals surface area contributed by atoms with Gasteiger partial charge in [0.05, 0.1) is 17.4 Å². The van der Waals surface area contributed by atoms with Gasteiger partial charge in [-0.2, -0.15) is 0 Å². The van der Waals surface area contributed by atoms with E-state index in [2.05, 4.69) is 6.07 Å². The van der Waals surface area contributed by atoms with Crippen molar-refractivity contribution in [3.63, 3.8) is 0 Å². The number of amides is 2. The van der Waals surface area contributed by atoms with Crippen molar-refractivity contribution in [1.29, 1.82) is 0 Å². The molecule has 0 fully saturated rings. The molecule has 2 aliphatic heterocycles. The second-order valence-electron chi connectivity index (χ2n) is 8.23. The van der Waals surface area contributed by atoms with Crippen LogP contribution in [0.25, 0.3) is 5.57 Å². The van der Waals surface area contributed by atoms with Gasteiger partial charge in [0, 0.05) is 12.2 Å². The molecule has 2 amide bonds. The van der Waals surface area contributed by atoms with Crippen molar-refractivity contribution in [3.05, 3.63) is 95.7 Å². The minimum absolute atomic E-state index is 0.0455. The van der Waals surface area contributed by atoms with E-state index in [-0.39, 0.29) is 17.9 Å². The molecule has 3 aromatic carbocycles. The van der Waals surface area contributed by atoms with Gasteiger partial charge in [-0.15, -0.1) is 0 Å². The quantitative estimate of drug-likeness (QED) is 0.551. The first kappa shape index (κ1) is 20.1. The van der Waals surface area contributed by atoms with Gasteiger partial charge in [0.1, 0.15) is 11.4 Å². The topological polar surface area (TPSA) is 49.9 Å². The van der Waals surface area contributed by atoms with Crippen molar-refractivity contribution >= 4 is 28.8 Å². The fraction of sp³-hybridized carbons (Fsp3) is 0.185. The van der Waals surface area contributed by atoms with Gasteiger partial charge in [-0.1, -0.05) is 48.5 Å². The van der Waals surface area contributed by atoms with Gasteiger partial charge in [0.2, 0.25) is 0 Å². The molecule has 2 aliphatic rings. The number of imide groups is 1. The highest BCUT2D eigenvalue weighted by atomic mass is 16.5. The lowest BCUT2D eigenvalue weighted by Crippen LogP contribution is -2.34. The molecule has 0 spiro atoms. The molecular weight excluding hydrogens is 400 g/mol. The van der Waals surface area contributed by atoms with Crippen LogP contribution in [0.3, 0.4) is 0 Å². The summed E-state index contributed by atoms with van der Waals surface area (Å²) in [5, 5.41) is 0. The first-order chi connectivity index (χ1) is 15.5. The number of rotatable bonds is 5. The second kappa shape index (κ2) is 8.00. The molecule has 0 aromatic heterocycles. The van der Waals surface area contributed by atoms with Crippen LogP contribution in [-0.2, 0) is 16.0 Å². The van der Waals surface area contributed by atoms with E-state index in [0.29, 0.717) is 29.3 Å². The SMILES string of the molecule is CC(C)Oc1ccc(N2C(=O)C(c3ccccc3)=C(N3CCc4ccccc43)C2=O)cc1. The van der Waals surface area contributed by atoms with E-state index in [1.54, 1.807) is 24.3 Å². The number of carbonyl (C=O) groups is 2. The van der Waals surface area contributed by atoms with Crippen molar-refractivity contribution in [3.8, 4) is 5.75 Å². The van der Waals surface area contributed by atoms with E-state index in [4.69, 9.17) is 4.74 Å². The number of nitrogens with zero attached hydrogens (tertiary/aromatic N) is 2. The number of anilines is 2. The molecule has 0 unspecified atom stereocenters. The Bertz CT molecular complexity index is 1210. The summed E-state index contributed by atoms with van der Waals surface area (Å²) in [5.74, 6) is 0.0916. The smallest absolute Gasteiger partial charge is 0.282 e. The fourth-order valence-electron chi connectivity index (χ4n) is 4.38. The number of hydrogen-bond acceptors (Lipinski definition) is 4. The molecule has 0 bridgehead atoms. The molecule has 5 heteroatoms. The summed E-state index contributed by atoms with van der Waals surface area (Å²) in [6.45, 7) is 4.58. The van der Waals surface area contributed by atoms with Gasteiger partial charge in [-0.25, -0.2) is 4.90 Å². The summed E-state index contributed by atoms with van der Waals surface area (Å²) in [4.78, 5) is 30.7. The van der Waals surface area contributed by atoms with Crippen LogP contribution in [0.2, 0.25) is 0 Å². The maximum atomic E-state index is 13.7. The normalized spacial score (nSPS) is 15.7. The standard InChI is InChI=1S/C27H24N2O3/c1-18(2)32-22-14-12-21(13-15-22)29-26(30)24(20-9-4-3-5-10-20)25(27(29)31)28-17-16-19-8-6-7-11-23(19)28/h3-15,18H,16-17H2,1-2H3. The molecular formula is C27H24N2O3. The fourth-order valence-corrected chi connectivity index (χ4v) is 4.38. The minimum Gasteiger partial charge on any atom is -0.491 e. The van der Waals surface area contributed by atoms with Crippen LogP contribution in [0.5, 0.6) is 5.75 Å². The molecule has 0 N–H and O–H groups in total. The molecule has 2 heterocycles. The number of hydrogen-bond donors (Lipinski definition) is 0. The Morgan fingerprint density at radius 1 is 0.812 bits per heavy atom. The number of ether oxygens (including phenoxy) is 1. The lowest BCUT2D eigenvalue weighted by atomic mass is 10.0. The van der Waals surface area contributed by atoms with Crippen molar-refractivity contribution in [2.45, 2.75) is 26.4 Å². The molecule has 3 aromatic rings. The Labute approximate surface area is 187 Å². The first-order valence-electron chi connectivity index (χ1n) is 10.8. The largest absolute Gasteiger partial charge is 0.491 e. The van der Waals surface area contributed by atoms with Crippen molar-refractivity contribution < 1.29 is 14.3 Å². The maximum Gasteiger partial charge on any atom is 0.282 e. The van der Waals surface area contributed by atoms with E-state index in [1.165, 1.54) is 10.5 Å². The van der Waals surface area contributed by atoms with Gasteiger partial charge in [0.15, 0.2) is 0 Å². The Morgan fingerprint density at radius 3 is 2.22 bits per heavy atom. The van der Waals surface area contributed by atoms with E-state index in [9.17, 15) is 9.59 Å². The highest BCUT2D eigenvalue weighted by Gasteiger charge is 2.44. The Hall–Kier alpha value is -3.86. The summed E-state index contributed by atoms with van der Waals surface area (Å²) < 4.78 is 5.71. The summed E-state index contributed by atoms with van der Waals surface area (Å²) >= 11 is 0. The number of carbonyl (C=O) groups excluding carboxylic acids is 2.